The minimum atomic E-state index is -0.970. The summed E-state index contributed by atoms with van der Waals surface area (Å²) in [6.07, 6.45) is 2.74. The first-order valence-corrected chi connectivity index (χ1v) is 15.9. The van der Waals surface area contributed by atoms with Crippen LogP contribution in [0.25, 0.3) is 10.8 Å². The molecule has 4 rings (SSSR count). The molecule has 3 N–H and O–H groups in total. The van der Waals surface area contributed by atoms with Crippen molar-refractivity contribution in [3.63, 3.8) is 0 Å². The fourth-order valence-corrected chi connectivity index (χ4v) is 5.22. The number of ether oxygens (including phenoxy) is 1. The van der Waals surface area contributed by atoms with Crippen molar-refractivity contribution in [3.05, 3.63) is 108 Å². The first kappa shape index (κ1) is 36.3. The Labute approximate surface area is 286 Å². The predicted octanol–water partition coefficient (Wildman–Crippen LogP) is 4.99. The van der Waals surface area contributed by atoms with Gasteiger partial charge in [0.1, 0.15) is 17.7 Å². The van der Waals surface area contributed by atoms with Gasteiger partial charge in [-0.25, -0.2) is 4.79 Å². The lowest BCUT2D eigenvalue weighted by Gasteiger charge is -2.34. The molecule has 1 heterocycles. The Morgan fingerprint density at radius 3 is 2.14 bits per heavy atom. The predicted molar refractivity (Wildman–Crippen MR) is 185 cm³/mol. The Balaban J connectivity index is 1.67. The number of hydrogen-bond donors (Lipinski definition) is 2. The summed E-state index contributed by atoms with van der Waals surface area (Å²) in [7, 11) is 3.15. The zero-order valence-electron chi connectivity index (χ0n) is 29.0. The number of nitrogens with zero attached hydrogens (tertiary/aromatic N) is 4. The number of alkyl carbamates (subject to hydrolysis) is 1. The summed E-state index contributed by atoms with van der Waals surface area (Å²) in [5.74, 6) is -2.09. The number of benzene rings is 3. The molecule has 4 aromatic rings. The average Bonchev–Trinajstić information content (AvgIpc) is 3.54. The van der Waals surface area contributed by atoms with E-state index in [-0.39, 0.29) is 24.6 Å². The number of carbonyl (C=O) groups is 4. The van der Waals surface area contributed by atoms with Crippen LogP contribution >= 0.6 is 0 Å². The zero-order valence-corrected chi connectivity index (χ0v) is 29.0. The fraction of sp³-hybridized carbons (Fsp3) is 0.351. The van der Waals surface area contributed by atoms with Crippen molar-refractivity contribution in [2.24, 2.45) is 5.73 Å². The van der Waals surface area contributed by atoms with Gasteiger partial charge in [-0.3, -0.25) is 14.4 Å². The highest BCUT2D eigenvalue weighted by atomic mass is 16.6. The number of nitrogens with one attached hydrogen (secondary N) is 1. The number of primary amides is 1. The summed E-state index contributed by atoms with van der Waals surface area (Å²) < 4.78 is 11.0. The van der Waals surface area contributed by atoms with Crippen molar-refractivity contribution in [2.45, 2.75) is 70.7 Å². The van der Waals surface area contributed by atoms with E-state index in [0.717, 1.165) is 21.9 Å². The number of carbonyl (C=O) groups excluding carboxylic acids is 4. The molecule has 0 aliphatic carbocycles. The molecule has 0 spiro atoms. The first-order chi connectivity index (χ1) is 23.0. The molecular formula is C37H44N6O6. The molecule has 0 aliphatic rings. The third-order valence-electron chi connectivity index (χ3n) is 7.83. The lowest BCUT2D eigenvalue weighted by molar-refractivity contribution is -0.143. The van der Waals surface area contributed by atoms with Crippen molar-refractivity contribution in [2.75, 3.05) is 14.1 Å². The van der Waals surface area contributed by atoms with Gasteiger partial charge in [-0.2, -0.15) is 0 Å². The summed E-state index contributed by atoms with van der Waals surface area (Å²) >= 11 is 0. The molecule has 0 fully saturated rings. The summed E-state index contributed by atoms with van der Waals surface area (Å²) in [5.41, 5.74) is 5.47. The van der Waals surface area contributed by atoms with Crippen molar-refractivity contribution in [3.8, 4) is 0 Å². The van der Waals surface area contributed by atoms with Crippen LogP contribution < -0.4 is 11.1 Å². The summed E-state index contributed by atoms with van der Waals surface area (Å²) in [4.78, 5) is 55.3. The zero-order chi connectivity index (χ0) is 35.9. The SMILES string of the molecule is CN(C(=O)/C=C/C(C)(C)NC(=O)OC(C)(C)C)[C@H](Cc1ccc2ccccc2c1)C(=O)N(C)[C@H](Cc1ccccc1)c1nnc(C(N)=O)o1. The second-order valence-electron chi connectivity index (χ2n) is 13.5. The van der Waals surface area contributed by atoms with Gasteiger partial charge < -0.3 is 30.0 Å². The third kappa shape index (κ3) is 9.99. The van der Waals surface area contributed by atoms with Gasteiger partial charge in [0.2, 0.25) is 17.7 Å². The van der Waals surface area contributed by atoms with Crippen LogP contribution in [0, 0.1) is 0 Å². The minimum absolute atomic E-state index is 0.0294. The largest absolute Gasteiger partial charge is 0.444 e. The molecule has 4 amide bonds. The standard InChI is InChI=1S/C37H44N6O6/c1-36(2,3)49-35(47)39-37(4,5)20-19-30(44)42(6)29(23-25-17-18-26-15-11-12-16-27(26)21-25)34(46)43(7)28(22-24-13-9-8-10-14-24)32-40-41-33(48-32)31(38)45/h8-21,28-29H,22-23H2,1-7H3,(H2,38,45)(H,39,47)/b20-19+/t28-,29-/m1/s1. The van der Waals surface area contributed by atoms with Gasteiger partial charge in [-0.05, 0) is 56.5 Å². The Hall–Kier alpha value is -5.52. The van der Waals surface area contributed by atoms with E-state index >= 15 is 0 Å². The molecule has 0 saturated carbocycles. The number of amides is 4. The summed E-state index contributed by atoms with van der Waals surface area (Å²) in [6, 6.07) is 21.5. The van der Waals surface area contributed by atoms with Crippen LogP contribution in [-0.2, 0) is 27.2 Å². The maximum atomic E-state index is 14.5. The molecule has 12 heteroatoms. The molecule has 258 valence electrons. The second-order valence-corrected chi connectivity index (χ2v) is 13.5. The number of hydrogen-bond acceptors (Lipinski definition) is 8. The highest BCUT2D eigenvalue weighted by Gasteiger charge is 2.35. The molecule has 0 saturated heterocycles. The van der Waals surface area contributed by atoms with E-state index in [2.05, 4.69) is 15.5 Å². The Morgan fingerprint density at radius 2 is 1.51 bits per heavy atom. The summed E-state index contributed by atoms with van der Waals surface area (Å²) in [6.45, 7) is 8.74. The van der Waals surface area contributed by atoms with Crippen LogP contribution in [0.15, 0.2) is 89.4 Å². The van der Waals surface area contributed by atoms with Gasteiger partial charge >= 0.3 is 17.9 Å². The average molecular weight is 669 g/mol. The van der Waals surface area contributed by atoms with Crippen LogP contribution in [-0.4, -0.2) is 75.1 Å². The molecule has 0 aliphatic heterocycles. The number of rotatable bonds is 12. The Bertz CT molecular complexity index is 1830. The van der Waals surface area contributed by atoms with E-state index in [0.29, 0.717) is 0 Å². The molecule has 0 radical (unpaired) electrons. The van der Waals surface area contributed by atoms with E-state index in [1.54, 1.807) is 54.8 Å². The van der Waals surface area contributed by atoms with Crippen LogP contribution in [0.5, 0.6) is 0 Å². The van der Waals surface area contributed by atoms with Crippen LogP contribution in [0.2, 0.25) is 0 Å². The van der Waals surface area contributed by atoms with Crippen LogP contribution in [0.4, 0.5) is 4.79 Å². The maximum Gasteiger partial charge on any atom is 0.408 e. The number of fused-ring (bicyclic) bond motifs is 1. The molecule has 0 unspecified atom stereocenters. The summed E-state index contributed by atoms with van der Waals surface area (Å²) in [5, 5.41) is 12.6. The van der Waals surface area contributed by atoms with Gasteiger partial charge in [0.05, 0.1) is 5.54 Å². The van der Waals surface area contributed by atoms with Crippen molar-refractivity contribution in [1.82, 2.24) is 25.3 Å². The monoisotopic (exact) mass is 668 g/mol. The van der Waals surface area contributed by atoms with E-state index in [1.165, 1.54) is 15.9 Å². The number of nitrogens with two attached hydrogens (primary N) is 1. The highest BCUT2D eigenvalue weighted by molar-refractivity contribution is 5.93. The highest BCUT2D eigenvalue weighted by Crippen LogP contribution is 2.26. The van der Waals surface area contributed by atoms with E-state index in [9.17, 15) is 19.2 Å². The molecule has 3 aromatic carbocycles. The van der Waals surface area contributed by atoms with Gasteiger partial charge in [-0.15, -0.1) is 10.2 Å². The van der Waals surface area contributed by atoms with Crippen LogP contribution in [0.3, 0.4) is 0 Å². The lowest BCUT2D eigenvalue weighted by atomic mass is 9.98. The molecule has 12 nitrogen and oxygen atoms in total. The van der Waals surface area contributed by atoms with Crippen LogP contribution in [0.1, 0.15) is 68.4 Å². The van der Waals surface area contributed by atoms with E-state index in [1.807, 2.05) is 72.8 Å². The van der Waals surface area contributed by atoms with E-state index in [4.69, 9.17) is 14.9 Å². The molecular weight excluding hydrogens is 624 g/mol. The third-order valence-corrected chi connectivity index (χ3v) is 7.83. The van der Waals surface area contributed by atoms with Gasteiger partial charge in [0, 0.05) is 33.0 Å². The van der Waals surface area contributed by atoms with Gasteiger partial charge in [-0.1, -0.05) is 78.9 Å². The Morgan fingerprint density at radius 1 is 0.857 bits per heavy atom. The normalized spacial score (nSPS) is 13.1. The van der Waals surface area contributed by atoms with Crippen molar-refractivity contribution < 1.29 is 28.3 Å². The quantitative estimate of drug-likeness (QED) is 0.200. The van der Waals surface area contributed by atoms with E-state index < -0.39 is 47.0 Å². The minimum Gasteiger partial charge on any atom is -0.444 e. The van der Waals surface area contributed by atoms with Gasteiger partial charge in [0.15, 0.2) is 0 Å². The number of likely N-dealkylation sites (N-methyl/N-ethyl adjacent to an activating group) is 2. The lowest BCUT2D eigenvalue weighted by Crippen LogP contribution is -2.50. The molecule has 1 aromatic heterocycles. The molecule has 2 atom stereocenters. The topological polar surface area (TPSA) is 161 Å². The molecule has 49 heavy (non-hydrogen) atoms. The smallest absolute Gasteiger partial charge is 0.408 e. The molecule has 0 bridgehead atoms. The number of aromatic nitrogens is 2. The van der Waals surface area contributed by atoms with Gasteiger partial charge in [0.25, 0.3) is 0 Å². The van der Waals surface area contributed by atoms with Crippen molar-refractivity contribution >= 4 is 34.6 Å². The fourth-order valence-electron chi connectivity index (χ4n) is 5.22. The maximum absolute atomic E-state index is 14.5. The first-order valence-electron chi connectivity index (χ1n) is 15.9. The second kappa shape index (κ2) is 15.1. The van der Waals surface area contributed by atoms with Crippen molar-refractivity contribution in [1.29, 1.82) is 0 Å². The Kier molecular flexibility index (Phi) is 11.2.